The van der Waals surface area contributed by atoms with Gasteiger partial charge in [-0.3, -0.25) is 4.79 Å². The molecule has 2 aromatic heterocycles. The van der Waals surface area contributed by atoms with Crippen molar-refractivity contribution >= 4 is 22.8 Å². The summed E-state index contributed by atoms with van der Waals surface area (Å²) in [6, 6.07) is 27.7. The highest BCUT2D eigenvalue weighted by Gasteiger charge is 2.34. The van der Waals surface area contributed by atoms with Crippen molar-refractivity contribution in [2.75, 3.05) is 31.1 Å². The van der Waals surface area contributed by atoms with E-state index in [0.717, 1.165) is 60.4 Å². The van der Waals surface area contributed by atoms with Crippen LogP contribution >= 0.6 is 0 Å². The topological polar surface area (TPSA) is 84.6 Å². The molecule has 1 saturated heterocycles. The Kier molecular flexibility index (Phi) is 6.80. The van der Waals surface area contributed by atoms with Crippen LogP contribution in [0.25, 0.3) is 22.4 Å². The zero-order valence-electron chi connectivity index (χ0n) is 22.8. The molecule has 0 radical (unpaired) electrons. The maximum atomic E-state index is 12.8. The Labute approximate surface area is 238 Å². The van der Waals surface area contributed by atoms with Gasteiger partial charge in [0.25, 0.3) is 5.71 Å². The van der Waals surface area contributed by atoms with Crippen LogP contribution in [0.3, 0.4) is 0 Å². The molecule has 0 atom stereocenters. The fourth-order valence-electron chi connectivity index (χ4n) is 5.43. The summed E-state index contributed by atoms with van der Waals surface area (Å²) in [4.78, 5) is 27.0. The molecule has 8 nitrogen and oxygen atoms in total. The second-order valence-corrected chi connectivity index (χ2v) is 10.7. The lowest BCUT2D eigenvalue weighted by Gasteiger charge is -2.24. The molecular formula is C33H31N5O3. The third-order valence-corrected chi connectivity index (χ3v) is 7.69. The highest BCUT2D eigenvalue weighted by Crippen LogP contribution is 2.37. The zero-order valence-corrected chi connectivity index (χ0v) is 22.8. The number of hydrogen-bond donors (Lipinski definition) is 0. The average Bonchev–Trinajstić information content (AvgIpc) is 3.81. The number of hydrogen-bond acceptors (Lipinski definition) is 7. The Hall–Kier alpha value is -4.72. The first-order chi connectivity index (χ1) is 20.2. The minimum absolute atomic E-state index is 0.222. The van der Waals surface area contributed by atoms with Crippen molar-refractivity contribution in [2.45, 2.75) is 25.7 Å². The van der Waals surface area contributed by atoms with E-state index in [1.165, 1.54) is 0 Å². The second kappa shape index (κ2) is 11.0. The van der Waals surface area contributed by atoms with E-state index in [0.29, 0.717) is 48.4 Å². The number of rotatable bonds is 7. The molecule has 0 N–H and O–H groups in total. The summed E-state index contributed by atoms with van der Waals surface area (Å²) in [7, 11) is 0. The fourth-order valence-corrected chi connectivity index (χ4v) is 5.43. The van der Waals surface area contributed by atoms with Crippen LogP contribution in [0.4, 0.5) is 5.82 Å². The highest BCUT2D eigenvalue weighted by molar-refractivity contribution is 5.98. The minimum atomic E-state index is 0.222. The normalized spacial score (nSPS) is 15.6. The molecule has 3 heterocycles. The van der Waals surface area contributed by atoms with Gasteiger partial charge in [0, 0.05) is 44.1 Å². The van der Waals surface area contributed by atoms with Crippen LogP contribution in [-0.4, -0.2) is 52.1 Å². The van der Waals surface area contributed by atoms with E-state index < -0.39 is 0 Å². The standard InChI is InChI=1S/C33H31N5O3/c39-33(24-15-16-24)38-18-8-17-37(19-20-38)31-29-30(25-11-7-14-27(22-25)40-26-12-5-2-6-13-26)36-41-32(29)35-28(34-31)21-23-9-3-1-4-10-23/h1-7,9-14,22,24H,8,15-21H2. The molecule has 206 valence electrons. The fraction of sp³-hybridized carbons (Fsp3) is 0.273. The van der Waals surface area contributed by atoms with E-state index in [-0.39, 0.29) is 5.92 Å². The van der Waals surface area contributed by atoms with Crippen molar-refractivity contribution in [2.24, 2.45) is 5.92 Å². The Morgan fingerprint density at radius 2 is 1.63 bits per heavy atom. The van der Waals surface area contributed by atoms with Gasteiger partial charge in [-0.1, -0.05) is 65.8 Å². The number of carbonyl (C=O) groups excluding carboxylic acids is 1. The number of fused-ring (bicyclic) bond motifs is 1. The first-order valence-corrected chi connectivity index (χ1v) is 14.3. The van der Waals surface area contributed by atoms with Gasteiger partial charge >= 0.3 is 0 Å². The molecule has 1 amide bonds. The molecule has 8 heteroatoms. The van der Waals surface area contributed by atoms with Crippen LogP contribution in [0, 0.1) is 5.92 Å². The lowest BCUT2D eigenvalue weighted by Crippen LogP contribution is -2.36. The zero-order chi connectivity index (χ0) is 27.6. The molecule has 0 bridgehead atoms. The van der Waals surface area contributed by atoms with Crippen molar-refractivity contribution in [3.05, 3.63) is 96.3 Å². The van der Waals surface area contributed by atoms with Gasteiger partial charge in [-0.25, -0.2) is 4.98 Å². The predicted octanol–water partition coefficient (Wildman–Crippen LogP) is 6.12. The lowest BCUT2D eigenvalue weighted by molar-refractivity contribution is -0.132. The maximum absolute atomic E-state index is 12.8. The number of anilines is 1. The molecule has 1 aliphatic heterocycles. The summed E-state index contributed by atoms with van der Waals surface area (Å²) in [6.45, 7) is 2.92. The summed E-state index contributed by atoms with van der Waals surface area (Å²) >= 11 is 0. The monoisotopic (exact) mass is 545 g/mol. The summed E-state index contributed by atoms with van der Waals surface area (Å²) in [5.74, 6) is 3.46. The molecule has 0 unspecified atom stereocenters. The van der Waals surface area contributed by atoms with Crippen molar-refractivity contribution in [1.82, 2.24) is 20.0 Å². The van der Waals surface area contributed by atoms with Gasteiger partial charge in [0.1, 0.15) is 34.2 Å². The number of amides is 1. The maximum Gasteiger partial charge on any atom is 0.263 e. The summed E-state index contributed by atoms with van der Waals surface area (Å²) in [5.41, 5.74) is 3.12. The van der Waals surface area contributed by atoms with E-state index in [1.807, 2.05) is 77.7 Å². The third kappa shape index (κ3) is 5.50. The van der Waals surface area contributed by atoms with Gasteiger partial charge < -0.3 is 19.1 Å². The Morgan fingerprint density at radius 1 is 0.854 bits per heavy atom. The van der Waals surface area contributed by atoms with Crippen LogP contribution in [0.15, 0.2) is 89.5 Å². The molecule has 7 rings (SSSR count). The Morgan fingerprint density at radius 3 is 2.44 bits per heavy atom. The molecule has 2 fully saturated rings. The van der Waals surface area contributed by atoms with Crippen LogP contribution in [-0.2, 0) is 11.2 Å². The average molecular weight is 546 g/mol. The first-order valence-electron chi connectivity index (χ1n) is 14.3. The number of ether oxygens (including phenoxy) is 1. The van der Waals surface area contributed by atoms with Gasteiger partial charge in [-0.15, -0.1) is 0 Å². The van der Waals surface area contributed by atoms with E-state index in [2.05, 4.69) is 22.2 Å². The Bertz CT molecular complexity index is 1670. The van der Waals surface area contributed by atoms with E-state index in [1.54, 1.807) is 0 Å². The molecule has 3 aromatic carbocycles. The van der Waals surface area contributed by atoms with Crippen LogP contribution in [0.2, 0.25) is 0 Å². The summed E-state index contributed by atoms with van der Waals surface area (Å²) in [5, 5.41) is 5.27. The van der Waals surface area contributed by atoms with Gasteiger partial charge in [-0.05, 0) is 49.1 Å². The van der Waals surface area contributed by atoms with Crippen LogP contribution in [0.5, 0.6) is 11.5 Å². The van der Waals surface area contributed by atoms with Gasteiger partial charge in [-0.2, -0.15) is 4.98 Å². The number of nitrogens with zero attached hydrogens (tertiary/aromatic N) is 5. The van der Waals surface area contributed by atoms with E-state index >= 15 is 0 Å². The molecule has 1 saturated carbocycles. The predicted molar refractivity (Wildman–Crippen MR) is 157 cm³/mol. The molecule has 41 heavy (non-hydrogen) atoms. The SMILES string of the molecule is O=C(C1CC1)N1CCCN(c2nc(Cc3ccccc3)nc3onc(-c4cccc(Oc5ccccc5)c4)c23)CC1. The van der Waals surface area contributed by atoms with Gasteiger partial charge in [0.15, 0.2) is 0 Å². The van der Waals surface area contributed by atoms with E-state index in [4.69, 9.17) is 19.2 Å². The minimum Gasteiger partial charge on any atom is -0.457 e. The third-order valence-electron chi connectivity index (χ3n) is 7.69. The van der Waals surface area contributed by atoms with Crippen molar-refractivity contribution < 1.29 is 14.1 Å². The summed E-state index contributed by atoms with van der Waals surface area (Å²) in [6.07, 6.45) is 3.50. The van der Waals surface area contributed by atoms with Crippen LogP contribution in [0.1, 0.15) is 30.7 Å². The largest absolute Gasteiger partial charge is 0.457 e. The van der Waals surface area contributed by atoms with Crippen molar-refractivity contribution in [3.63, 3.8) is 0 Å². The number of benzene rings is 3. The van der Waals surface area contributed by atoms with Gasteiger partial charge in [0.05, 0.1) is 0 Å². The molecule has 1 aliphatic carbocycles. The van der Waals surface area contributed by atoms with Crippen molar-refractivity contribution in [3.8, 4) is 22.8 Å². The molecular weight excluding hydrogens is 514 g/mol. The molecule has 5 aromatic rings. The number of para-hydroxylation sites is 1. The lowest BCUT2D eigenvalue weighted by atomic mass is 10.1. The summed E-state index contributed by atoms with van der Waals surface area (Å²) < 4.78 is 12.0. The first kappa shape index (κ1) is 25.3. The van der Waals surface area contributed by atoms with Crippen molar-refractivity contribution in [1.29, 1.82) is 0 Å². The van der Waals surface area contributed by atoms with Gasteiger partial charge in [0.2, 0.25) is 5.91 Å². The van der Waals surface area contributed by atoms with Crippen LogP contribution < -0.4 is 9.64 Å². The smallest absolute Gasteiger partial charge is 0.263 e. The quantitative estimate of drug-likeness (QED) is 0.244. The number of aromatic nitrogens is 3. The van der Waals surface area contributed by atoms with E-state index in [9.17, 15) is 4.79 Å². The Balaban J connectivity index is 1.26. The molecule has 2 aliphatic rings. The molecule has 0 spiro atoms. The second-order valence-electron chi connectivity index (χ2n) is 10.7. The highest BCUT2D eigenvalue weighted by atomic mass is 16.5. The number of carbonyl (C=O) groups is 1.